The second kappa shape index (κ2) is 13.1. The van der Waals surface area contributed by atoms with Gasteiger partial charge in [0.15, 0.2) is 0 Å². The smallest absolute Gasteiger partial charge is 0.549 e. The number of hydrogen-bond donors (Lipinski definition) is 0. The Balaban J connectivity index is -0.000000500. The second-order valence-electron chi connectivity index (χ2n) is 2.33. The molecule has 0 spiro atoms. The van der Waals surface area contributed by atoms with E-state index in [1.807, 2.05) is 6.92 Å². The third-order valence-corrected chi connectivity index (χ3v) is 1.42. The van der Waals surface area contributed by atoms with Gasteiger partial charge in [-0.2, -0.15) is 0 Å². The molecule has 0 aromatic heterocycles. The molecule has 0 fully saturated rings. The first kappa shape index (κ1) is 21.3. The number of carboxylic acid groups (broad SMARTS) is 2. The molecule has 0 rings (SSSR count). The largest absolute Gasteiger partial charge is 1.00 e. The van der Waals surface area contributed by atoms with Crippen LogP contribution >= 0.6 is 0 Å². The zero-order valence-corrected chi connectivity index (χ0v) is 20.9. The van der Waals surface area contributed by atoms with Gasteiger partial charge in [-0.25, -0.2) is 0 Å². The molecule has 0 saturated carbocycles. The third-order valence-electron chi connectivity index (χ3n) is 1.42. The predicted octanol–water partition coefficient (Wildman–Crippen LogP) is -7.70. The van der Waals surface area contributed by atoms with Crippen molar-refractivity contribution < 1.29 is 158 Å². The molecule has 0 amide bonds. The Kier molecular flexibility index (Phi) is 21.5. The van der Waals surface area contributed by atoms with E-state index in [0.717, 1.165) is 6.42 Å². The molecule has 0 unspecified atom stereocenters. The third kappa shape index (κ3) is 11.3. The summed E-state index contributed by atoms with van der Waals surface area (Å²) in [5.74, 6) is -4.56. The molecule has 0 aromatic carbocycles. The molecule has 0 aliphatic heterocycles. The van der Waals surface area contributed by atoms with Gasteiger partial charge in [0.1, 0.15) is 0 Å². The minimum Gasteiger partial charge on any atom is -0.549 e. The number of unbranched alkanes of at least 4 members (excludes halogenated alkanes) is 1. The molecule has 0 atom stereocenters. The minimum absolute atomic E-state index is 0. The van der Waals surface area contributed by atoms with Crippen LogP contribution in [0.5, 0.6) is 0 Å². The van der Waals surface area contributed by atoms with Crippen LogP contribution in [-0.2, 0) is 9.59 Å². The van der Waals surface area contributed by atoms with Gasteiger partial charge in [0.05, 0.1) is 11.9 Å². The topological polar surface area (TPSA) is 80.3 Å². The van der Waals surface area contributed by atoms with Crippen LogP contribution in [0.2, 0.25) is 0 Å². The van der Waals surface area contributed by atoms with Gasteiger partial charge in [-0.1, -0.05) is 19.8 Å². The minimum atomic E-state index is -1.56. The molecule has 0 N–H and O–H groups in total. The van der Waals surface area contributed by atoms with E-state index in [0.29, 0.717) is 6.42 Å². The number of rotatable bonds is 5. The summed E-state index contributed by atoms with van der Waals surface area (Å²) in [5.41, 5.74) is 0. The Morgan fingerprint density at radius 1 is 1.15 bits per heavy atom. The van der Waals surface area contributed by atoms with Crippen molar-refractivity contribution in [2.45, 2.75) is 26.2 Å². The zero-order chi connectivity index (χ0) is 8.85. The maximum Gasteiger partial charge on any atom is 1.00 e. The van der Waals surface area contributed by atoms with Crippen LogP contribution in [0.3, 0.4) is 0 Å². The molecule has 0 bridgehead atoms. The van der Waals surface area contributed by atoms with Crippen LogP contribution < -0.4 is 148 Å². The van der Waals surface area contributed by atoms with Crippen LogP contribution in [0.1, 0.15) is 26.2 Å². The molecule has 64 valence electrons. The monoisotopic (exact) mass is 424 g/mol. The number of carbonyl (C=O) groups excluding carboxylic acids is 2. The summed E-state index contributed by atoms with van der Waals surface area (Å²) in [6.07, 6.45) is 1.42. The Morgan fingerprint density at radius 2 is 1.54 bits per heavy atom. The summed E-state index contributed by atoms with van der Waals surface area (Å²) < 4.78 is 0. The van der Waals surface area contributed by atoms with Crippen LogP contribution in [0.25, 0.3) is 0 Å². The normalized spacial score (nSPS) is 8.46. The van der Waals surface area contributed by atoms with Gasteiger partial charge in [-0.3, -0.25) is 0 Å². The molecule has 0 radical (unpaired) electrons. The van der Waals surface area contributed by atoms with Gasteiger partial charge >= 0.3 is 138 Å². The molecular formula is C7H10Cs2O4. The van der Waals surface area contributed by atoms with Crippen molar-refractivity contribution >= 4 is 11.9 Å². The van der Waals surface area contributed by atoms with Crippen molar-refractivity contribution in [3.05, 3.63) is 0 Å². The molecule has 0 saturated heterocycles. The maximum atomic E-state index is 10.1. The Labute approximate surface area is 195 Å². The van der Waals surface area contributed by atoms with E-state index in [2.05, 4.69) is 0 Å². The standard InChI is InChI=1S/C7H12O4.2Cs/c1-2-3-4-5(6(8)9)7(10)11;;/h5H,2-4H2,1H3,(H,8,9)(H,10,11);;/q;2*+1/p-2. The van der Waals surface area contributed by atoms with E-state index in [1.54, 1.807) is 0 Å². The average molecular weight is 424 g/mol. The maximum absolute atomic E-state index is 10.1. The number of aliphatic carboxylic acids is 2. The van der Waals surface area contributed by atoms with Gasteiger partial charge < -0.3 is 19.8 Å². The van der Waals surface area contributed by atoms with Crippen molar-refractivity contribution in [1.82, 2.24) is 0 Å². The zero-order valence-electron chi connectivity index (χ0n) is 8.33. The molecule has 4 nitrogen and oxygen atoms in total. The van der Waals surface area contributed by atoms with E-state index < -0.39 is 17.9 Å². The molecule has 0 aromatic rings. The number of carboxylic acids is 2. The fraction of sp³-hybridized carbons (Fsp3) is 0.714. The van der Waals surface area contributed by atoms with Crippen molar-refractivity contribution in [2.75, 3.05) is 0 Å². The van der Waals surface area contributed by atoms with Crippen molar-refractivity contribution in [2.24, 2.45) is 5.92 Å². The van der Waals surface area contributed by atoms with Gasteiger partial charge in [0.2, 0.25) is 0 Å². The second-order valence-corrected chi connectivity index (χ2v) is 2.33. The Morgan fingerprint density at radius 3 is 1.77 bits per heavy atom. The summed E-state index contributed by atoms with van der Waals surface area (Å²) in [6.45, 7) is 1.85. The van der Waals surface area contributed by atoms with E-state index in [-0.39, 0.29) is 144 Å². The van der Waals surface area contributed by atoms with Crippen molar-refractivity contribution in [3.63, 3.8) is 0 Å². The van der Waals surface area contributed by atoms with Crippen LogP contribution in [0, 0.1) is 5.92 Å². The van der Waals surface area contributed by atoms with Gasteiger partial charge in [-0.15, -0.1) is 0 Å². The first-order valence-electron chi connectivity index (χ1n) is 3.51. The van der Waals surface area contributed by atoms with E-state index in [9.17, 15) is 19.8 Å². The summed E-state index contributed by atoms with van der Waals surface area (Å²) in [4.78, 5) is 20.2. The molecule has 6 heteroatoms. The average Bonchev–Trinajstić information content (AvgIpc) is 1.87. The number of carbonyl (C=O) groups is 2. The summed E-state index contributed by atoms with van der Waals surface area (Å²) in [6, 6.07) is 0. The summed E-state index contributed by atoms with van der Waals surface area (Å²) in [7, 11) is 0. The molecule has 0 aliphatic rings. The van der Waals surface area contributed by atoms with E-state index in [4.69, 9.17) is 0 Å². The SMILES string of the molecule is CCCCC(C(=O)[O-])C(=O)[O-].[Cs+].[Cs+]. The quantitative estimate of drug-likeness (QED) is 0.411. The predicted molar refractivity (Wildman–Crippen MR) is 33.0 cm³/mol. The molecule has 0 heterocycles. The Bertz CT molecular complexity index is 147. The summed E-state index contributed by atoms with van der Waals surface area (Å²) >= 11 is 0. The first-order chi connectivity index (χ1) is 5.09. The fourth-order valence-electron chi connectivity index (χ4n) is 0.740. The summed E-state index contributed by atoms with van der Waals surface area (Å²) in [5, 5.41) is 20.2. The Hall–Kier alpha value is 3.04. The molecular weight excluding hydrogens is 414 g/mol. The van der Waals surface area contributed by atoms with Crippen LogP contribution in [-0.4, -0.2) is 11.9 Å². The molecule has 0 aliphatic carbocycles. The first-order valence-corrected chi connectivity index (χ1v) is 3.51. The van der Waals surface area contributed by atoms with Gasteiger partial charge in [-0.05, 0) is 6.42 Å². The fourth-order valence-corrected chi connectivity index (χ4v) is 0.740. The van der Waals surface area contributed by atoms with Crippen LogP contribution in [0.4, 0.5) is 0 Å². The van der Waals surface area contributed by atoms with Crippen molar-refractivity contribution in [3.8, 4) is 0 Å². The van der Waals surface area contributed by atoms with E-state index >= 15 is 0 Å². The van der Waals surface area contributed by atoms with Gasteiger partial charge in [0, 0.05) is 5.92 Å². The molecule has 13 heavy (non-hydrogen) atoms. The van der Waals surface area contributed by atoms with Crippen molar-refractivity contribution in [1.29, 1.82) is 0 Å². The van der Waals surface area contributed by atoms with Crippen LogP contribution in [0.15, 0.2) is 0 Å². The van der Waals surface area contributed by atoms with E-state index in [1.165, 1.54) is 0 Å². The number of hydrogen-bond acceptors (Lipinski definition) is 4. The van der Waals surface area contributed by atoms with Gasteiger partial charge in [0.25, 0.3) is 0 Å².